The van der Waals surface area contributed by atoms with Gasteiger partial charge in [-0.05, 0) is 18.8 Å². The first-order chi connectivity index (χ1) is 8.86. The number of carbonyl (C=O) groups excluding carboxylic acids is 1. The molecule has 5 heteroatoms. The van der Waals surface area contributed by atoms with E-state index in [0.29, 0.717) is 18.0 Å². The molecule has 1 rings (SSSR count). The molecular formula is C14H26N4O. The summed E-state index contributed by atoms with van der Waals surface area (Å²) in [6.45, 7) is 6.88. The minimum absolute atomic E-state index is 0.0286. The van der Waals surface area contributed by atoms with Crippen molar-refractivity contribution in [1.29, 1.82) is 0 Å². The van der Waals surface area contributed by atoms with E-state index in [4.69, 9.17) is 5.73 Å². The van der Waals surface area contributed by atoms with Gasteiger partial charge in [0, 0.05) is 32.9 Å². The second-order valence-corrected chi connectivity index (χ2v) is 5.44. The van der Waals surface area contributed by atoms with Gasteiger partial charge >= 0.3 is 0 Å². The molecule has 2 N–H and O–H groups in total. The van der Waals surface area contributed by atoms with Crippen LogP contribution in [-0.2, 0) is 13.5 Å². The van der Waals surface area contributed by atoms with Crippen molar-refractivity contribution in [2.75, 3.05) is 13.6 Å². The number of nitrogens with zero attached hydrogens (tertiary/aromatic N) is 3. The monoisotopic (exact) mass is 266 g/mol. The zero-order valence-corrected chi connectivity index (χ0v) is 12.7. The molecule has 1 atom stereocenters. The van der Waals surface area contributed by atoms with Gasteiger partial charge in [-0.1, -0.05) is 20.8 Å². The van der Waals surface area contributed by atoms with E-state index in [2.05, 4.69) is 18.9 Å². The van der Waals surface area contributed by atoms with Crippen molar-refractivity contribution < 1.29 is 4.79 Å². The van der Waals surface area contributed by atoms with Gasteiger partial charge in [-0.15, -0.1) is 0 Å². The average molecular weight is 266 g/mol. The van der Waals surface area contributed by atoms with Crippen molar-refractivity contribution in [3.05, 3.63) is 17.5 Å². The molecule has 1 unspecified atom stereocenters. The first-order valence-electron chi connectivity index (χ1n) is 6.90. The van der Waals surface area contributed by atoms with Gasteiger partial charge < -0.3 is 10.6 Å². The molecule has 0 fully saturated rings. The van der Waals surface area contributed by atoms with Crippen molar-refractivity contribution in [1.82, 2.24) is 14.7 Å². The maximum Gasteiger partial charge on any atom is 0.257 e. The highest BCUT2D eigenvalue weighted by Gasteiger charge is 2.19. The van der Waals surface area contributed by atoms with Crippen LogP contribution in [0.4, 0.5) is 0 Å². The van der Waals surface area contributed by atoms with Crippen LogP contribution in [-0.4, -0.2) is 40.2 Å². The van der Waals surface area contributed by atoms with Gasteiger partial charge in [0.05, 0.1) is 11.3 Å². The topological polar surface area (TPSA) is 64.2 Å². The van der Waals surface area contributed by atoms with Crippen LogP contribution >= 0.6 is 0 Å². The summed E-state index contributed by atoms with van der Waals surface area (Å²) in [6.07, 6.45) is 3.38. The van der Waals surface area contributed by atoms with Gasteiger partial charge in [-0.2, -0.15) is 5.10 Å². The third-order valence-electron chi connectivity index (χ3n) is 3.47. The Hall–Kier alpha value is -1.36. The molecule has 0 aliphatic carbocycles. The maximum atomic E-state index is 12.4. The predicted octanol–water partition coefficient (Wildman–Crippen LogP) is 1.43. The Labute approximate surface area is 115 Å². The molecule has 0 aliphatic heterocycles. The number of rotatable bonds is 6. The predicted molar refractivity (Wildman–Crippen MR) is 77.0 cm³/mol. The van der Waals surface area contributed by atoms with Gasteiger partial charge in [-0.3, -0.25) is 9.48 Å². The Morgan fingerprint density at radius 3 is 2.68 bits per heavy atom. The Morgan fingerprint density at radius 2 is 2.16 bits per heavy atom. The smallest absolute Gasteiger partial charge is 0.257 e. The van der Waals surface area contributed by atoms with E-state index >= 15 is 0 Å². The number of aryl methyl sites for hydroxylation is 2. The van der Waals surface area contributed by atoms with E-state index < -0.39 is 0 Å². The molecule has 1 heterocycles. The molecule has 0 bridgehead atoms. The van der Waals surface area contributed by atoms with Crippen LogP contribution in [0, 0.1) is 5.92 Å². The average Bonchev–Trinajstić information content (AvgIpc) is 2.75. The number of amides is 1. The summed E-state index contributed by atoms with van der Waals surface area (Å²) >= 11 is 0. The van der Waals surface area contributed by atoms with Gasteiger partial charge in [0.1, 0.15) is 0 Å². The molecular weight excluding hydrogens is 240 g/mol. The van der Waals surface area contributed by atoms with Gasteiger partial charge in [0.15, 0.2) is 0 Å². The van der Waals surface area contributed by atoms with Crippen LogP contribution in [0.25, 0.3) is 0 Å². The van der Waals surface area contributed by atoms with Crippen LogP contribution < -0.4 is 5.73 Å². The van der Waals surface area contributed by atoms with Crippen LogP contribution in [0.2, 0.25) is 0 Å². The normalized spacial score (nSPS) is 12.8. The molecule has 19 heavy (non-hydrogen) atoms. The summed E-state index contributed by atoms with van der Waals surface area (Å²) in [5.74, 6) is 0.467. The van der Waals surface area contributed by atoms with Crippen LogP contribution in [0.5, 0.6) is 0 Å². The van der Waals surface area contributed by atoms with E-state index in [0.717, 1.165) is 18.5 Å². The fourth-order valence-electron chi connectivity index (χ4n) is 1.96. The van der Waals surface area contributed by atoms with Gasteiger partial charge in [0.25, 0.3) is 5.91 Å². The Balaban J connectivity index is 2.66. The number of nitrogens with two attached hydrogens (primary N) is 1. The second kappa shape index (κ2) is 6.70. The number of carbonyl (C=O) groups is 1. The highest BCUT2D eigenvalue weighted by molar-refractivity contribution is 5.94. The van der Waals surface area contributed by atoms with Crippen LogP contribution in [0.3, 0.4) is 0 Å². The first kappa shape index (κ1) is 15.7. The highest BCUT2D eigenvalue weighted by Crippen LogP contribution is 2.11. The van der Waals surface area contributed by atoms with Crippen molar-refractivity contribution in [2.24, 2.45) is 18.7 Å². The lowest BCUT2D eigenvalue weighted by Crippen LogP contribution is -2.34. The lowest BCUT2D eigenvalue weighted by atomic mass is 10.0. The van der Waals surface area contributed by atoms with Crippen molar-refractivity contribution in [2.45, 2.75) is 39.7 Å². The number of aromatic nitrogens is 2. The molecule has 0 saturated heterocycles. The minimum atomic E-state index is 0.0286. The van der Waals surface area contributed by atoms with E-state index in [1.54, 1.807) is 15.8 Å². The summed E-state index contributed by atoms with van der Waals surface area (Å²) in [7, 11) is 3.66. The summed E-state index contributed by atoms with van der Waals surface area (Å²) in [5.41, 5.74) is 7.56. The Morgan fingerprint density at radius 1 is 1.53 bits per heavy atom. The molecule has 0 saturated carbocycles. The Bertz CT molecular complexity index is 425. The Kier molecular flexibility index (Phi) is 5.54. The summed E-state index contributed by atoms with van der Waals surface area (Å²) in [5, 5.41) is 4.30. The van der Waals surface area contributed by atoms with Crippen LogP contribution in [0.15, 0.2) is 6.20 Å². The van der Waals surface area contributed by atoms with E-state index in [9.17, 15) is 4.79 Å². The van der Waals surface area contributed by atoms with E-state index in [1.165, 1.54) is 0 Å². The zero-order valence-electron chi connectivity index (χ0n) is 12.7. The summed E-state index contributed by atoms with van der Waals surface area (Å²) < 4.78 is 1.69. The second-order valence-electron chi connectivity index (χ2n) is 5.44. The molecule has 0 spiro atoms. The number of hydrogen-bond donors (Lipinski definition) is 1. The van der Waals surface area contributed by atoms with Crippen molar-refractivity contribution in [3.8, 4) is 0 Å². The molecule has 5 nitrogen and oxygen atoms in total. The molecule has 1 amide bonds. The third kappa shape index (κ3) is 4.06. The fraction of sp³-hybridized carbons (Fsp3) is 0.714. The highest BCUT2D eigenvalue weighted by atomic mass is 16.2. The maximum absolute atomic E-state index is 12.4. The van der Waals surface area contributed by atoms with E-state index in [1.807, 2.05) is 21.0 Å². The van der Waals surface area contributed by atoms with Crippen LogP contribution in [0.1, 0.15) is 43.2 Å². The van der Waals surface area contributed by atoms with Gasteiger partial charge in [0.2, 0.25) is 0 Å². The largest absolute Gasteiger partial charge is 0.342 e. The molecule has 108 valence electrons. The molecule has 1 aromatic rings. The SMILES string of the molecule is CCc1nn(C)cc1C(=O)N(C)CCC(N)C(C)C. The third-order valence-corrected chi connectivity index (χ3v) is 3.47. The van der Waals surface area contributed by atoms with Gasteiger partial charge in [-0.25, -0.2) is 0 Å². The summed E-state index contributed by atoms with van der Waals surface area (Å²) in [4.78, 5) is 14.1. The summed E-state index contributed by atoms with van der Waals surface area (Å²) in [6, 6.07) is 0.134. The molecule has 1 aromatic heterocycles. The standard InChI is InChI=1S/C14H26N4O/c1-6-13-11(9-18(5)16-13)14(19)17(4)8-7-12(15)10(2)3/h9-10,12H,6-8,15H2,1-5H3. The van der Waals surface area contributed by atoms with Crippen molar-refractivity contribution >= 4 is 5.91 Å². The lowest BCUT2D eigenvalue weighted by molar-refractivity contribution is 0.0788. The van der Waals surface area contributed by atoms with E-state index in [-0.39, 0.29) is 11.9 Å². The van der Waals surface area contributed by atoms with Crippen molar-refractivity contribution in [3.63, 3.8) is 0 Å². The number of hydrogen-bond acceptors (Lipinski definition) is 3. The minimum Gasteiger partial charge on any atom is -0.342 e. The first-order valence-corrected chi connectivity index (χ1v) is 6.90. The molecule has 0 aliphatic rings. The molecule has 0 aromatic carbocycles. The lowest BCUT2D eigenvalue weighted by Gasteiger charge is -2.21. The zero-order chi connectivity index (χ0) is 14.6. The fourth-order valence-corrected chi connectivity index (χ4v) is 1.96. The molecule has 0 radical (unpaired) electrons. The quantitative estimate of drug-likeness (QED) is 0.847.